The van der Waals surface area contributed by atoms with Crippen molar-refractivity contribution in [2.75, 3.05) is 6.66 Å². The second-order valence-corrected chi connectivity index (χ2v) is 2.21. The van der Waals surface area contributed by atoms with Crippen LogP contribution in [-0.4, -0.2) is 12.7 Å². The van der Waals surface area contributed by atoms with E-state index >= 15 is 0 Å². The molecule has 1 nitrogen and oxygen atoms in total. The molecule has 0 aliphatic carbocycles. The van der Waals surface area contributed by atoms with E-state index in [0.717, 1.165) is 8.73 Å². The SMILES string of the molecule is C=CC(C)NPC. The monoisotopic (exact) mass is 117 g/mol. The summed E-state index contributed by atoms with van der Waals surface area (Å²) in [6.45, 7) is 7.82. The van der Waals surface area contributed by atoms with Gasteiger partial charge in [0.2, 0.25) is 0 Å². The minimum absolute atomic E-state index is 0.475. The summed E-state index contributed by atoms with van der Waals surface area (Å²) in [6, 6.07) is 0.475. The van der Waals surface area contributed by atoms with E-state index in [4.69, 9.17) is 0 Å². The van der Waals surface area contributed by atoms with Gasteiger partial charge in [-0.3, -0.25) is 5.09 Å². The number of hydrogen-bond acceptors (Lipinski definition) is 1. The predicted molar refractivity (Wildman–Crippen MR) is 37.0 cm³/mol. The van der Waals surface area contributed by atoms with Crippen LogP contribution < -0.4 is 5.09 Å². The van der Waals surface area contributed by atoms with Crippen molar-refractivity contribution in [1.29, 1.82) is 0 Å². The molecule has 42 valence electrons. The molecule has 0 heterocycles. The Morgan fingerprint density at radius 2 is 2.43 bits per heavy atom. The van der Waals surface area contributed by atoms with Gasteiger partial charge in [0, 0.05) is 6.04 Å². The lowest BCUT2D eigenvalue weighted by Gasteiger charge is -2.02. The largest absolute Gasteiger partial charge is 0.292 e. The Morgan fingerprint density at radius 3 is 2.57 bits per heavy atom. The van der Waals surface area contributed by atoms with Gasteiger partial charge in [0.1, 0.15) is 0 Å². The summed E-state index contributed by atoms with van der Waals surface area (Å²) in [5.74, 6) is 0. The molecule has 0 aromatic heterocycles. The lowest BCUT2D eigenvalue weighted by atomic mass is 10.4. The Balaban J connectivity index is 2.98. The van der Waals surface area contributed by atoms with E-state index in [2.05, 4.69) is 25.3 Å². The molecular weight excluding hydrogens is 105 g/mol. The van der Waals surface area contributed by atoms with Gasteiger partial charge >= 0.3 is 0 Å². The first-order chi connectivity index (χ1) is 3.31. The van der Waals surface area contributed by atoms with Crippen molar-refractivity contribution in [1.82, 2.24) is 5.09 Å². The zero-order valence-corrected chi connectivity index (χ0v) is 5.86. The average molecular weight is 117 g/mol. The van der Waals surface area contributed by atoms with Gasteiger partial charge < -0.3 is 0 Å². The Kier molecular flexibility index (Phi) is 4.37. The van der Waals surface area contributed by atoms with Crippen LogP contribution in [0.15, 0.2) is 12.7 Å². The molecule has 0 aromatic carbocycles. The zero-order valence-electron chi connectivity index (χ0n) is 4.86. The molecule has 0 spiro atoms. The van der Waals surface area contributed by atoms with E-state index < -0.39 is 0 Å². The molecule has 0 saturated carbocycles. The number of hydrogen-bond donors (Lipinski definition) is 1. The molecule has 0 radical (unpaired) electrons. The van der Waals surface area contributed by atoms with E-state index in [0.29, 0.717) is 6.04 Å². The molecule has 0 rings (SSSR count). The fourth-order valence-corrected chi connectivity index (χ4v) is 0.860. The van der Waals surface area contributed by atoms with Crippen LogP contribution in [0.5, 0.6) is 0 Å². The van der Waals surface area contributed by atoms with Gasteiger partial charge in [-0.1, -0.05) is 14.8 Å². The minimum atomic E-state index is 0.475. The van der Waals surface area contributed by atoms with Gasteiger partial charge in [-0.2, -0.15) is 0 Å². The van der Waals surface area contributed by atoms with Crippen molar-refractivity contribution in [2.24, 2.45) is 0 Å². The Morgan fingerprint density at radius 1 is 1.86 bits per heavy atom. The van der Waals surface area contributed by atoms with Crippen molar-refractivity contribution in [2.45, 2.75) is 13.0 Å². The van der Waals surface area contributed by atoms with Crippen LogP contribution in [0, 0.1) is 0 Å². The van der Waals surface area contributed by atoms with Gasteiger partial charge in [0.05, 0.1) is 0 Å². The highest BCUT2D eigenvalue weighted by atomic mass is 31.1. The van der Waals surface area contributed by atoms with E-state index in [-0.39, 0.29) is 0 Å². The second-order valence-electron chi connectivity index (χ2n) is 1.42. The van der Waals surface area contributed by atoms with Crippen LogP contribution in [0.2, 0.25) is 0 Å². The maximum absolute atomic E-state index is 3.62. The fourth-order valence-electron chi connectivity index (χ4n) is 0.287. The van der Waals surface area contributed by atoms with Crippen molar-refractivity contribution in [3.8, 4) is 0 Å². The van der Waals surface area contributed by atoms with Crippen LogP contribution in [-0.2, 0) is 0 Å². The molecule has 7 heavy (non-hydrogen) atoms. The van der Waals surface area contributed by atoms with Gasteiger partial charge in [-0.25, -0.2) is 0 Å². The van der Waals surface area contributed by atoms with Crippen molar-refractivity contribution in [3.63, 3.8) is 0 Å². The standard InChI is InChI=1S/C5H12NP/c1-4-5(2)6-7-3/h4-7H,1H2,2-3H3. The highest BCUT2D eigenvalue weighted by Gasteiger charge is 1.86. The summed E-state index contributed by atoms with van der Waals surface area (Å²) >= 11 is 0. The van der Waals surface area contributed by atoms with E-state index in [1.807, 2.05) is 6.08 Å². The molecule has 2 unspecified atom stereocenters. The Labute approximate surface area is 47.0 Å². The highest BCUT2D eigenvalue weighted by molar-refractivity contribution is 7.34. The molecule has 0 aliphatic rings. The average Bonchev–Trinajstić information content (AvgIpc) is 1.68. The van der Waals surface area contributed by atoms with Crippen LogP contribution in [0.25, 0.3) is 0 Å². The Bertz CT molecular complexity index is 54.0. The quantitative estimate of drug-likeness (QED) is 0.435. The lowest BCUT2D eigenvalue weighted by Crippen LogP contribution is -2.12. The zero-order chi connectivity index (χ0) is 5.70. The van der Waals surface area contributed by atoms with Gasteiger partial charge in [-0.05, 0) is 13.6 Å². The maximum Gasteiger partial charge on any atom is 0.0253 e. The van der Waals surface area contributed by atoms with Gasteiger partial charge in [0.25, 0.3) is 0 Å². The second kappa shape index (κ2) is 4.29. The molecule has 1 N–H and O–H groups in total. The molecule has 0 amide bonds. The van der Waals surface area contributed by atoms with Crippen LogP contribution >= 0.6 is 8.73 Å². The molecule has 0 bridgehead atoms. The molecule has 2 heteroatoms. The minimum Gasteiger partial charge on any atom is -0.292 e. The van der Waals surface area contributed by atoms with E-state index in [1.165, 1.54) is 0 Å². The normalized spacial score (nSPS) is 15.1. The molecule has 0 fully saturated rings. The Hall–Kier alpha value is 0.130. The molecule has 0 aliphatic heterocycles. The van der Waals surface area contributed by atoms with Gasteiger partial charge in [-0.15, -0.1) is 6.58 Å². The molecule has 0 aromatic rings. The van der Waals surface area contributed by atoms with Crippen molar-refractivity contribution < 1.29 is 0 Å². The predicted octanol–water partition coefficient (Wildman–Crippen LogP) is 1.37. The third-order valence-corrected chi connectivity index (χ3v) is 1.47. The van der Waals surface area contributed by atoms with E-state index in [1.54, 1.807) is 0 Å². The third kappa shape index (κ3) is 3.97. The van der Waals surface area contributed by atoms with E-state index in [9.17, 15) is 0 Å². The van der Waals surface area contributed by atoms with Crippen molar-refractivity contribution >= 4 is 8.73 Å². The summed E-state index contributed by atoms with van der Waals surface area (Å²) in [5.41, 5.74) is 0. The summed E-state index contributed by atoms with van der Waals surface area (Å²) < 4.78 is 0. The fraction of sp³-hybridized carbons (Fsp3) is 0.600. The first-order valence-corrected chi connectivity index (χ1v) is 3.86. The number of rotatable bonds is 3. The first kappa shape index (κ1) is 7.13. The summed E-state index contributed by atoms with van der Waals surface area (Å²) in [7, 11) is 0.824. The van der Waals surface area contributed by atoms with Crippen LogP contribution in [0.3, 0.4) is 0 Å². The molecule has 2 atom stereocenters. The van der Waals surface area contributed by atoms with Crippen LogP contribution in [0.1, 0.15) is 6.92 Å². The smallest absolute Gasteiger partial charge is 0.0253 e. The molecule has 0 saturated heterocycles. The maximum atomic E-state index is 3.62. The highest BCUT2D eigenvalue weighted by Crippen LogP contribution is 1.95. The topological polar surface area (TPSA) is 12.0 Å². The first-order valence-electron chi connectivity index (χ1n) is 2.36. The lowest BCUT2D eigenvalue weighted by molar-refractivity contribution is 0.850. The van der Waals surface area contributed by atoms with Crippen molar-refractivity contribution in [3.05, 3.63) is 12.7 Å². The summed E-state index contributed by atoms with van der Waals surface area (Å²) in [4.78, 5) is 0. The summed E-state index contributed by atoms with van der Waals surface area (Å²) in [5, 5.41) is 3.20. The van der Waals surface area contributed by atoms with Gasteiger partial charge in [0.15, 0.2) is 0 Å². The molecular formula is C5H12NP. The third-order valence-electron chi connectivity index (χ3n) is 0.726. The van der Waals surface area contributed by atoms with Crippen LogP contribution in [0.4, 0.5) is 0 Å². The number of nitrogens with one attached hydrogen (secondary N) is 1. The summed E-state index contributed by atoms with van der Waals surface area (Å²) in [6.07, 6.45) is 1.90.